The number of hydrogen-bond donors (Lipinski definition) is 0. The van der Waals surface area contributed by atoms with Crippen LogP contribution >= 0.6 is 0 Å². The molecule has 0 radical (unpaired) electrons. The Bertz CT molecular complexity index is 137. The fourth-order valence-electron chi connectivity index (χ4n) is 0.855. The van der Waals surface area contributed by atoms with Gasteiger partial charge < -0.3 is 18.9 Å². The number of hydrogen-bond acceptors (Lipinski definition) is 4. The van der Waals surface area contributed by atoms with E-state index in [1.165, 1.54) is 0 Å². The highest BCUT2D eigenvalue weighted by Crippen LogP contribution is 1.82. The van der Waals surface area contributed by atoms with Gasteiger partial charge in [0, 0.05) is 6.61 Å². The molecule has 0 aromatic carbocycles. The number of allylic oxidation sites excluding steroid dienone is 1. The molecule has 0 bridgehead atoms. The van der Waals surface area contributed by atoms with Gasteiger partial charge in [0.2, 0.25) is 0 Å². The Morgan fingerprint density at radius 2 is 1.33 bits per heavy atom. The molecular formula is C11H22O4. The van der Waals surface area contributed by atoms with Gasteiger partial charge in [-0.1, -0.05) is 6.08 Å². The van der Waals surface area contributed by atoms with Gasteiger partial charge in [0.1, 0.15) is 6.61 Å². The quantitative estimate of drug-likeness (QED) is 0.390. The van der Waals surface area contributed by atoms with Crippen molar-refractivity contribution in [3.63, 3.8) is 0 Å². The van der Waals surface area contributed by atoms with Gasteiger partial charge >= 0.3 is 0 Å². The minimum atomic E-state index is 0.587. The van der Waals surface area contributed by atoms with E-state index in [0.29, 0.717) is 39.6 Å². The standard InChI is InChI=1S/C11H22O4/c1-3-5-13-8-9-15-11-10-14-7-6-12-4-2/h3,5H,4,6-11H2,1-2H3. The van der Waals surface area contributed by atoms with E-state index in [0.717, 1.165) is 6.61 Å². The monoisotopic (exact) mass is 218 g/mol. The van der Waals surface area contributed by atoms with Crippen molar-refractivity contribution in [2.45, 2.75) is 13.8 Å². The Kier molecular flexibility index (Phi) is 12.9. The van der Waals surface area contributed by atoms with E-state index in [2.05, 4.69) is 0 Å². The molecule has 4 heteroatoms. The average Bonchev–Trinajstić information content (AvgIpc) is 2.26. The van der Waals surface area contributed by atoms with Crippen molar-refractivity contribution in [3.05, 3.63) is 12.3 Å². The van der Waals surface area contributed by atoms with Crippen LogP contribution in [0, 0.1) is 0 Å². The lowest BCUT2D eigenvalue weighted by Crippen LogP contribution is -2.11. The first-order valence-electron chi connectivity index (χ1n) is 5.37. The van der Waals surface area contributed by atoms with Gasteiger partial charge in [0.15, 0.2) is 0 Å². The van der Waals surface area contributed by atoms with Crippen molar-refractivity contribution in [3.8, 4) is 0 Å². The Hall–Kier alpha value is -0.580. The van der Waals surface area contributed by atoms with Crippen LogP contribution in [0.3, 0.4) is 0 Å². The lowest BCUT2D eigenvalue weighted by atomic mass is 10.7. The van der Waals surface area contributed by atoms with E-state index < -0.39 is 0 Å². The topological polar surface area (TPSA) is 36.9 Å². The fraction of sp³-hybridized carbons (Fsp3) is 0.818. The summed E-state index contributed by atoms with van der Waals surface area (Å²) in [5.41, 5.74) is 0. The summed E-state index contributed by atoms with van der Waals surface area (Å²) in [5, 5.41) is 0. The molecule has 90 valence electrons. The Morgan fingerprint density at radius 1 is 0.800 bits per heavy atom. The Labute approximate surface area is 92.2 Å². The summed E-state index contributed by atoms with van der Waals surface area (Å²) in [6.45, 7) is 8.29. The predicted molar refractivity (Wildman–Crippen MR) is 58.9 cm³/mol. The van der Waals surface area contributed by atoms with E-state index in [-0.39, 0.29) is 0 Å². The van der Waals surface area contributed by atoms with Gasteiger partial charge in [-0.05, 0) is 13.8 Å². The van der Waals surface area contributed by atoms with Crippen LogP contribution in [-0.2, 0) is 18.9 Å². The molecule has 0 aliphatic heterocycles. The van der Waals surface area contributed by atoms with Crippen LogP contribution in [0.25, 0.3) is 0 Å². The van der Waals surface area contributed by atoms with Gasteiger partial charge in [-0.25, -0.2) is 0 Å². The maximum Gasteiger partial charge on any atom is 0.111 e. The molecule has 0 rings (SSSR count). The second-order valence-electron chi connectivity index (χ2n) is 2.76. The molecule has 0 spiro atoms. The van der Waals surface area contributed by atoms with Gasteiger partial charge in [-0.15, -0.1) is 0 Å². The second-order valence-corrected chi connectivity index (χ2v) is 2.76. The van der Waals surface area contributed by atoms with Crippen molar-refractivity contribution >= 4 is 0 Å². The lowest BCUT2D eigenvalue weighted by molar-refractivity contribution is 0.00837. The highest BCUT2D eigenvalue weighted by atomic mass is 16.6. The smallest absolute Gasteiger partial charge is 0.111 e. The van der Waals surface area contributed by atoms with Crippen LogP contribution in [-0.4, -0.2) is 46.2 Å². The molecule has 0 saturated heterocycles. The third-order valence-corrected chi connectivity index (χ3v) is 1.53. The zero-order valence-electron chi connectivity index (χ0n) is 9.74. The average molecular weight is 218 g/mol. The van der Waals surface area contributed by atoms with Crippen LogP contribution in [0.1, 0.15) is 13.8 Å². The van der Waals surface area contributed by atoms with Crippen LogP contribution in [0.15, 0.2) is 12.3 Å². The van der Waals surface area contributed by atoms with E-state index >= 15 is 0 Å². The maximum atomic E-state index is 5.26. The number of ether oxygens (including phenoxy) is 4. The summed E-state index contributed by atoms with van der Waals surface area (Å²) < 4.78 is 20.7. The number of rotatable bonds is 11. The van der Waals surface area contributed by atoms with Crippen molar-refractivity contribution in [2.75, 3.05) is 46.2 Å². The van der Waals surface area contributed by atoms with Crippen LogP contribution in [0.5, 0.6) is 0 Å². The first-order chi connectivity index (χ1) is 7.41. The normalized spacial score (nSPS) is 11.1. The summed E-state index contributed by atoms with van der Waals surface area (Å²) >= 11 is 0. The molecule has 0 N–H and O–H groups in total. The molecule has 15 heavy (non-hydrogen) atoms. The minimum absolute atomic E-state index is 0.587. The largest absolute Gasteiger partial charge is 0.499 e. The maximum absolute atomic E-state index is 5.26. The molecule has 0 aromatic rings. The Morgan fingerprint density at radius 3 is 1.87 bits per heavy atom. The molecule has 0 heterocycles. The van der Waals surface area contributed by atoms with Gasteiger partial charge in [-0.3, -0.25) is 0 Å². The van der Waals surface area contributed by atoms with E-state index in [1.54, 1.807) is 6.26 Å². The SMILES string of the molecule is CC=COCCOCCOCCOCC. The van der Waals surface area contributed by atoms with Crippen LogP contribution in [0.4, 0.5) is 0 Å². The van der Waals surface area contributed by atoms with E-state index in [4.69, 9.17) is 18.9 Å². The molecule has 0 saturated carbocycles. The molecule has 0 amide bonds. The zero-order chi connectivity index (χ0) is 11.2. The van der Waals surface area contributed by atoms with Gasteiger partial charge in [-0.2, -0.15) is 0 Å². The summed E-state index contributed by atoms with van der Waals surface area (Å²) in [6, 6.07) is 0. The zero-order valence-corrected chi connectivity index (χ0v) is 9.74. The van der Waals surface area contributed by atoms with Gasteiger partial charge in [0.25, 0.3) is 0 Å². The van der Waals surface area contributed by atoms with Crippen molar-refractivity contribution < 1.29 is 18.9 Å². The summed E-state index contributed by atoms with van der Waals surface area (Å²) in [4.78, 5) is 0. The molecule has 0 aliphatic rings. The predicted octanol–water partition coefficient (Wildman–Crippen LogP) is 1.61. The molecule has 0 atom stereocenters. The molecule has 0 aliphatic carbocycles. The first kappa shape index (κ1) is 14.4. The van der Waals surface area contributed by atoms with Crippen LogP contribution in [0.2, 0.25) is 0 Å². The van der Waals surface area contributed by atoms with Crippen molar-refractivity contribution in [1.82, 2.24) is 0 Å². The summed E-state index contributed by atoms with van der Waals surface area (Å²) in [5.74, 6) is 0. The lowest BCUT2D eigenvalue weighted by Gasteiger charge is -2.05. The van der Waals surface area contributed by atoms with E-state index in [1.807, 2.05) is 19.9 Å². The van der Waals surface area contributed by atoms with Gasteiger partial charge in [0.05, 0.1) is 39.3 Å². The highest BCUT2D eigenvalue weighted by Gasteiger charge is 1.90. The summed E-state index contributed by atoms with van der Waals surface area (Å²) in [6.07, 6.45) is 3.50. The van der Waals surface area contributed by atoms with Crippen LogP contribution < -0.4 is 0 Å². The molecule has 0 aromatic heterocycles. The Balaban J connectivity index is 2.86. The van der Waals surface area contributed by atoms with E-state index in [9.17, 15) is 0 Å². The molecule has 0 fully saturated rings. The first-order valence-corrected chi connectivity index (χ1v) is 5.37. The second kappa shape index (κ2) is 13.4. The highest BCUT2D eigenvalue weighted by molar-refractivity contribution is 4.64. The molecular weight excluding hydrogens is 196 g/mol. The summed E-state index contributed by atoms with van der Waals surface area (Å²) in [7, 11) is 0. The molecule has 0 unspecified atom stereocenters. The van der Waals surface area contributed by atoms with Crippen molar-refractivity contribution in [2.24, 2.45) is 0 Å². The third-order valence-electron chi connectivity index (χ3n) is 1.53. The minimum Gasteiger partial charge on any atom is -0.499 e. The van der Waals surface area contributed by atoms with Crippen molar-refractivity contribution in [1.29, 1.82) is 0 Å². The molecule has 4 nitrogen and oxygen atoms in total. The fourth-order valence-corrected chi connectivity index (χ4v) is 0.855. The third kappa shape index (κ3) is 13.4.